The van der Waals surface area contributed by atoms with Gasteiger partial charge in [0.2, 0.25) is 0 Å². The fraction of sp³-hybridized carbons (Fsp3) is 0.889. The zero-order valence-electron chi connectivity index (χ0n) is 8.54. The van der Waals surface area contributed by atoms with E-state index in [4.69, 9.17) is 5.11 Å². The largest absolute Gasteiger partial charge is 0.468 e. The van der Waals surface area contributed by atoms with Crippen molar-refractivity contribution >= 4 is 5.97 Å². The number of ether oxygens (including phenoxy) is 1. The lowest BCUT2D eigenvalue weighted by molar-refractivity contribution is -0.144. The number of aliphatic hydroxyl groups excluding tert-OH is 1. The van der Waals surface area contributed by atoms with Crippen molar-refractivity contribution in [3.05, 3.63) is 0 Å². The third-order valence-corrected chi connectivity index (χ3v) is 1.82. The summed E-state index contributed by atoms with van der Waals surface area (Å²) in [5, 5.41) is 11.6. The van der Waals surface area contributed by atoms with Gasteiger partial charge in [-0.15, -0.1) is 0 Å². The van der Waals surface area contributed by atoms with E-state index in [9.17, 15) is 4.79 Å². The van der Waals surface area contributed by atoms with Crippen molar-refractivity contribution in [3.8, 4) is 0 Å². The first-order chi connectivity index (χ1) is 6.13. The molecular weight excluding hydrogens is 170 g/mol. The summed E-state index contributed by atoms with van der Waals surface area (Å²) in [7, 11) is 1.38. The molecule has 4 nitrogen and oxygen atoms in total. The van der Waals surface area contributed by atoms with Crippen LogP contribution in [0.1, 0.15) is 20.3 Å². The van der Waals surface area contributed by atoms with Gasteiger partial charge < -0.3 is 15.2 Å². The van der Waals surface area contributed by atoms with Gasteiger partial charge in [-0.05, 0) is 18.9 Å². The first kappa shape index (κ1) is 12.4. The van der Waals surface area contributed by atoms with Gasteiger partial charge >= 0.3 is 5.97 Å². The van der Waals surface area contributed by atoms with Crippen molar-refractivity contribution in [2.75, 3.05) is 20.3 Å². The van der Waals surface area contributed by atoms with Crippen LogP contribution in [0.3, 0.4) is 0 Å². The van der Waals surface area contributed by atoms with Gasteiger partial charge in [-0.25, -0.2) is 0 Å². The molecule has 0 heterocycles. The van der Waals surface area contributed by atoms with Gasteiger partial charge in [0.1, 0.15) is 6.04 Å². The standard InChI is InChI=1S/C9H19NO3/c1-7(2)8(9(12)13-3)10-5-4-6-11/h7-8,10-11H,4-6H2,1-3H3. The topological polar surface area (TPSA) is 58.6 Å². The second kappa shape index (κ2) is 6.86. The molecule has 0 saturated carbocycles. The zero-order chi connectivity index (χ0) is 10.3. The molecule has 0 radical (unpaired) electrons. The predicted molar refractivity (Wildman–Crippen MR) is 50.3 cm³/mol. The van der Waals surface area contributed by atoms with Crippen LogP contribution in [0.15, 0.2) is 0 Å². The lowest BCUT2D eigenvalue weighted by Gasteiger charge is -2.19. The summed E-state index contributed by atoms with van der Waals surface area (Å²) in [6.45, 7) is 4.68. The van der Waals surface area contributed by atoms with Crippen molar-refractivity contribution in [1.82, 2.24) is 5.32 Å². The molecule has 0 fully saturated rings. The number of esters is 1. The van der Waals surface area contributed by atoms with Gasteiger partial charge in [0, 0.05) is 6.61 Å². The van der Waals surface area contributed by atoms with Crippen LogP contribution >= 0.6 is 0 Å². The van der Waals surface area contributed by atoms with Crippen molar-refractivity contribution in [2.24, 2.45) is 5.92 Å². The Morgan fingerprint density at radius 2 is 2.15 bits per heavy atom. The maximum absolute atomic E-state index is 11.2. The molecule has 2 N–H and O–H groups in total. The molecule has 1 unspecified atom stereocenters. The quantitative estimate of drug-likeness (QED) is 0.461. The molecule has 0 aromatic carbocycles. The van der Waals surface area contributed by atoms with Crippen LogP contribution in [-0.2, 0) is 9.53 Å². The molecule has 0 aromatic rings. The van der Waals surface area contributed by atoms with Gasteiger partial charge in [0.25, 0.3) is 0 Å². The van der Waals surface area contributed by atoms with Crippen LogP contribution in [0.4, 0.5) is 0 Å². The molecule has 0 bridgehead atoms. The highest BCUT2D eigenvalue weighted by Gasteiger charge is 2.21. The molecule has 13 heavy (non-hydrogen) atoms. The van der Waals surface area contributed by atoms with Gasteiger partial charge in [-0.3, -0.25) is 4.79 Å². The summed E-state index contributed by atoms with van der Waals surface area (Å²) < 4.78 is 4.64. The molecule has 0 aliphatic heterocycles. The highest BCUT2D eigenvalue weighted by atomic mass is 16.5. The minimum atomic E-state index is -0.267. The van der Waals surface area contributed by atoms with Gasteiger partial charge in [0.05, 0.1) is 7.11 Å². The molecule has 0 aliphatic rings. The SMILES string of the molecule is COC(=O)C(NCCCO)C(C)C. The molecule has 0 rings (SSSR count). The average molecular weight is 189 g/mol. The highest BCUT2D eigenvalue weighted by Crippen LogP contribution is 2.03. The molecular formula is C9H19NO3. The summed E-state index contributed by atoms with van der Waals surface area (Å²) in [6, 6.07) is -0.267. The third kappa shape index (κ3) is 4.85. The zero-order valence-corrected chi connectivity index (χ0v) is 8.54. The van der Waals surface area contributed by atoms with Crippen LogP contribution in [0.25, 0.3) is 0 Å². The Morgan fingerprint density at radius 1 is 1.54 bits per heavy atom. The molecule has 0 saturated heterocycles. The second-order valence-electron chi connectivity index (χ2n) is 3.28. The summed E-state index contributed by atoms with van der Waals surface area (Å²) in [5.41, 5.74) is 0. The molecule has 78 valence electrons. The number of carbonyl (C=O) groups excluding carboxylic acids is 1. The Kier molecular flexibility index (Phi) is 6.54. The Hall–Kier alpha value is -0.610. The fourth-order valence-corrected chi connectivity index (χ4v) is 1.05. The van der Waals surface area contributed by atoms with E-state index in [0.717, 1.165) is 0 Å². The predicted octanol–water partition coefficient (Wildman–Crippen LogP) is 0.156. The van der Waals surface area contributed by atoms with E-state index < -0.39 is 0 Å². The van der Waals surface area contributed by atoms with Crippen LogP contribution in [0.5, 0.6) is 0 Å². The fourth-order valence-electron chi connectivity index (χ4n) is 1.05. The monoisotopic (exact) mass is 189 g/mol. The first-order valence-corrected chi connectivity index (χ1v) is 4.55. The van der Waals surface area contributed by atoms with E-state index >= 15 is 0 Å². The summed E-state index contributed by atoms with van der Waals surface area (Å²) in [5.74, 6) is -0.0425. The summed E-state index contributed by atoms with van der Waals surface area (Å²) in [6.07, 6.45) is 0.653. The molecule has 0 amide bonds. The Bertz CT molecular complexity index is 148. The van der Waals surface area contributed by atoms with Crippen molar-refractivity contribution < 1.29 is 14.6 Å². The Balaban J connectivity index is 3.88. The van der Waals surface area contributed by atoms with Crippen molar-refractivity contribution in [2.45, 2.75) is 26.3 Å². The van der Waals surface area contributed by atoms with Crippen LogP contribution in [0, 0.1) is 5.92 Å². The Morgan fingerprint density at radius 3 is 2.54 bits per heavy atom. The molecule has 4 heteroatoms. The summed E-state index contributed by atoms with van der Waals surface area (Å²) in [4.78, 5) is 11.2. The smallest absolute Gasteiger partial charge is 0.323 e. The van der Waals surface area contributed by atoms with Crippen LogP contribution < -0.4 is 5.32 Å². The van der Waals surface area contributed by atoms with Gasteiger partial charge in [-0.2, -0.15) is 0 Å². The molecule has 0 aromatic heterocycles. The molecule has 0 spiro atoms. The average Bonchev–Trinajstić information content (AvgIpc) is 2.11. The Labute approximate surface area is 79.3 Å². The molecule has 1 atom stereocenters. The number of aliphatic hydroxyl groups is 1. The first-order valence-electron chi connectivity index (χ1n) is 4.55. The maximum atomic E-state index is 11.2. The lowest BCUT2D eigenvalue weighted by Crippen LogP contribution is -2.42. The number of rotatable bonds is 6. The second-order valence-corrected chi connectivity index (χ2v) is 3.28. The number of nitrogens with one attached hydrogen (secondary N) is 1. The highest BCUT2D eigenvalue weighted by molar-refractivity contribution is 5.75. The van der Waals surface area contributed by atoms with Crippen LogP contribution in [-0.4, -0.2) is 37.4 Å². The maximum Gasteiger partial charge on any atom is 0.323 e. The van der Waals surface area contributed by atoms with Gasteiger partial charge in [0.15, 0.2) is 0 Å². The van der Waals surface area contributed by atoms with Crippen LogP contribution in [0.2, 0.25) is 0 Å². The number of methoxy groups -OCH3 is 1. The number of hydrogen-bond donors (Lipinski definition) is 2. The van der Waals surface area contributed by atoms with E-state index in [1.165, 1.54) is 7.11 Å². The summed E-state index contributed by atoms with van der Waals surface area (Å²) >= 11 is 0. The van der Waals surface area contributed by atoms with Crippen molar-refractivity contribution in [1.29, 1.82) is 0 Å². The number of carbonyl (C=O) groups is 1. The minimum absolute atomic E-state index is 0.138. The lowest BCUT2D eigenvalue weighted by atomic mass is 10.0. The minimum Gasteiger partial charge on any atom is -0.468 e. The van der Waals surface area contributed by atoms with E-state index in [1.54, 1.807) is 0 Å². The number of hydrogen-bond acceptors (Lipinski definition) is 4. The normalized spacial score (nSPS) is 13.0. The van der Waals surface area contributed by atoms with Gasteiger partial charge in [-0.1, -0.05) is 13.8 Å². The van der Waals surface area contributed by atoms with Crippen molar-refractivity contribution in [3.63, 3.8) is 0 Å². The van der Waals surface area contributed by atoms with E-state index in [-0.39, 0.29) is 24.5 Å². The van der Waals surface area contributed by atoms with E-state index in [0.29, 0.717) is 13.0 Å². The van der Waals surface area contributed by atoms with E-state index in [2.05, 4.69) is 10.1 Å². The third-order valence-electron chi connectivity index (χ3n) is 1.82. The molecule has 0 aliphatic carbocycles. The van der Waals surface area contributed by atoms with E-state index in [1.807, 2.05) is 13.8 Å².